The Kier molecular flexibility index (Phi) is 6.10. The number of allylic oxidation sites excluding steroid dienone is 2. The smallest absolute Gasteiger partial charge is 0.339 e. The number of carbonyl (C=O) groups is 4. The summed E-state index contributed by atoms with van der Waals surface area (Å²) in [7, 11) is 0. The van der Waals surface area contributed by atoms with Gasteiger partial charge in [0.05, 0.1) is 23.1 Å². The molecule has 6 nitrogen and oxygen atoms in total. The largest absolute Gasteiger partial charge is 0.445 e. The van der Waals surface area contributed by atoms with Crippen LogP contribution in [0.15, 0.2) is 97.1 Å². The van der Waals surface area contributed by atoms with Crippen molar-refractivity contribution in [2.45, 2.75) is 18.9 Å². The number of imide groups is 1. The molecule has 1 fully saturated rings. The quantitative estimate of drug-likeness (QED) is 0.223. The first-order chi connectivity index (χ1) is 17.0. The van der Waals surface area contributed by atoms with Gasteiger partial charge in [-0.2, -0.15) is 0 Å². The Morgan fingerprint density at radius 3 is 1.83 bits per heavy atom. The summed E-state index contributed by atoms with van der Waals surface area (Å²) in [6, 6.07) is 23.7. The number of hydrogen-bond acceptors (Lipinski definition) is 5. The van der Waals surface area contributed by atoms with Crippen LogP contribution in [-0.4, -0.2) is 23.6 Å². The summed E-state index contributed by atoms with van der Waals surface area (Å²) in [5, 5.41) is 0. The van der Waals surface area contributed by atoms with Gasteiger partial charge in [-0.3, -0.25) is 19.3 Å². The van der Waals surface area contributed by atoms with Crippen molar-refractivity contribution in [2.24, 2.45) is 11.8 Å². The molecule has 0 spiro atoms. The van der Waals surface area contributed by atoms with Gasteiger partial charge in [0.2, 0.25) is 17.6 Å². The van der Waals surface area contributed by atoms with Crippen molar-refractivity contribution in [3.05, 3.63) is 114 Å². The number of benzene rings is 3. The molecule has 174 valence electrons. The first kappa shape index (κ1) is 22.5. The molecular weight excluding hydrogens is 442 g/mol. The third kappa shape index (κ3) is 4.30. The molecule has 3 aromatic rings. The number of fused-ring (bicyclic) bond motifs is 1. The number of ketones is 1. The van der Waals surface area contributed by atoms with Crippen LogP contribution in [0.5, 0.6) is 0 Å². The summed E-state index contributed by atoms with van der Waals surface area (Å²) in [6.45, 7) is 0. The summed E-state index contributed by atoms with van der Waals surface area (Å²) in [5.74, 6) is -2.08. The Balaban J connectivity index is 1.36. The van der Waals surface area contributed by atoms with Gasteiger partial charge in [0, 0.05) is 11.1 Å². The molecule has 0 N–H and O–H groups in total. The van der Waals surface area contributed by atoms with Gasteiger partial charge in [0.25, 0.3) is 0 Å². The molecule has 3 unspecified atom stereocenters. The molecule has 0 radical (unpaired) electrons. The van der Waals surface area contributed by atoms with Crippen LogP contribution in [0.2, 0.25) is 0 Å². The maximum atomic E-state index is 13.2. The average Bonchev–Trinajstić information content (AvgIpc) is 3.17. The minimum absolute atomic E-state index is 0.211. The summed E-state index contributed by atoms with van der Waals surface area (Å²) >= 11 is 0. The number of Topliss-reactive ketones (excluding diaryl/α,β-unsaturated/α-hetero) is 1. The van der Waals surface area contributed by atoms with Crippen molar-refractivity contribution >= 4 is 29.3 Å². The summed E-state index contributed by atoms with van der Waals surface area (Å²) in [5.41, 5.74) is 1.64. The molecule has 1 heterocycles. The van der Waals surface area contributed by atoms with E-state index in [0.29, 0.717) is 29.7 Å². The van der Waals surface area contributed by atoms with Gasteiger partial charge in [0.15, 0.2) is 6.10 Å². The van der Waals surface area contributed by atoms with Gasteiger partial charge in [-0.1, -0.05) is 72.8 Å². The molecule has 5 rings (SSSR count). The molecule has 0 bridgehead atoms. The standard InChI is InChI=1S/C29H23NO5/c31-25(19-9-3-1-4-10-19)26(20-11-5-2-6-12-20)35-29(34)21-15-17-22(18-16-21)30-27(32)23-13-7-8-14-24(23)28(30)33/h1-12,15-18,23-24,26H,13-14H2. The molecule has 6 heteroatoms. The number of rotatable bonds is 6. The van der Waals surface area contributed by atoms with E-state index in [4.69, 9.17) is 4.74 Å². The third-order valence-corrected chi connectivity index (χ3v) is 6.49. The highest BCUT2D eigenvalue weighted by Crippen LogP contribution is 2.37. The van der Waals surface area contributed by atoms with Crippen LogP contribution in [-0.2, 0) is 14.3 Å². The Morgan fingerprint density at radius 2 is 1.26 bits per heavy atom. The van der Waals surface area contributed by atoms with Crippen LogP contribution in [0.1, 0.15) is 45.2 Å². The number of nitrogens with zero attached hydrogens (tertiary/aromatic N) is 1. The number of esters is 1. The van der Waals surface area contributed by atoms with Gasteiger partial charge in [0.1, 0.15) is 0 Å². The Bertz CT molecular complexity index is 1270. The molecule has 1 aliphatic carbocycles. The lowest BCUT2D eigenvalue weighted by Gasteiger charge is -2.18. The summed E-state index contributed by atoms with van der Waals surface area (Å²) < 4.78 is 5.68. The number of anilines is 1. The molecule has 0 saturated carbocycles. The van der Waals surface area contributed by atoms with E-state index >= 15 is 0 Å². The molecule has 0 aromatic heterocycles. The fourth-order valence-electron chi connectivity index (χ4n) is 4.63. The van der Waals surface area contributed by atoms with E-state index in [1.165, 1.54) is 17.0 Å². The van der Waals surface area contributed by atoms with Crippen LogP contribution in [0.3, 0.4) is 0 Å². The van der Waals surface area contributed by atoms with Crippen LogP contribution >= 0.6 is 0 Å². The Morgan fingerprint density at radius 1 is 0.714 bits per heavy atom. The van der Waals surface area contributed by atoms with Crippen molar-refractivity contribution in [3.8, 4) is 0 Å². The highest BCUT2D eigenvalue weighted by molar-refractivity contribution is 6.22. The van der Waals surface area contributed by atoms with E-state index < -0.39 is 12.1 Å². The highest BCUT2D eigenvalue weighted by Gasteiger charge is 2.47. The van der Waals surface area contributed by atoms with Gasteiger partial charge < -0.3 is 4.74 Å². The summed E-state index contributed by atoms with van der Waals surface area (Å²) in [6.07, 6.45) is 3.89. The number of ether oxygens (including phenoxy) is 1. The second-order valence-corrected chi connectivity index (χ2v) is 8.64. The SMILES string of the molecule is O=C(OC(C(=O)c1ccccc1)c1ccccc1)c1ccc(N2C(=O)C3CC=CCC3C2=O)cc1. The predicted molar refractivity (Wildman–Crippen MR) is 130 cm³/mol. The molecule has 2 aliphatic rings. The van der Waals surface area contributed by atoms with Gasteiger partial charge in [-0.05, 0) is 37.1 Å². The molecule has 1 saturated heterocycles. The second-order valence-electron chi connectivity index (χ2n) is 8.64. The topological polar surface area (TPSA) is 80.8 Å². The molecule has 1 aliphatic heterocycles. The number of hydrogen-bond donors (Lipinski definition) is 0. The molecule has 3 aromatic carbocycles. The van der Waals surface area contributed by atoms with Crippen LogP contribution < -0.4 is 4.90 Å². The zero-order chi connectivity index (χ0) is 24.4. The molecular formula is C29H23NO5. The van der Waals surface area contributed by atoms with Crippen molar-refractivity contribution in [1.29, 1.82) is 0 Å². The van der Waals surface area contributed by atoms with Gasteiger partial charge >= 0.3 is 5.97 Å². The van der Waals surface area contributed by atoms with E-state index in [1.54, 1.807) is 60.7 Å². The minimum Gasteiger partial charge on any atom is -0.445 e. The molecule has 2 amide bonds. The lowest BCUT2D eigenvalue weighted by Crippen LogP contribution is -2.30. The maximum Gasteiger partial charge on any atom is 0.339 e. The zero-order valence-corrected chi connectivity index (χ0v) is 18.9. The molecule has 35 heavy (non-hydrogen) atoms. The lowest BCUT2D eigenvalue weighted by atomic mass is 9.85. The monoisotopic (exact) mass is 465 g/mol. The first-order valence-electron chi connectivity index (χ1n) is 11.5. The van der Waals surface area contributed by atoms with Gasteiger partial charge in [-0.25, -0.2) is 4.79 Å². The lowest BCUT2D eigenvalue weighted by molar-refractivity contribution is -0.122. The number of carbonyl (C=O) groups excluding carboxylic acids is 4. The van der Waals surface area contributed by atoms with E-state index in [9.17, 15) is 19.2 Å². The Labute approximate surface area is 202 Å². The average molecular weight is 466 g/mol. The van der Waals surface area contributed by atoms with Crippen molar-refractivity contribution in [1.82, 2.24) is 0 Å². The van der Waals surface area contributed by atoms with Crippen molar-refractivity contribution in [2.75, 3.05) is 4.90 Å². The third-order valence-electron chi connectivity index (χ3n) is 6.49. The van der Waals surface area contributed by atoms with E-state index in [0.717, 1.165) is 0 Å². The van der Waals surface area contributed by atoms with Crippen LogP contribution in [0, 0.1) is 11.8 Å². The van der Waals surface area contributed by atoms with E-state index in [2.05, 4.69) is 0 Å². The second kappa shape index (κ2) is 9.50. The zero-order valence-electron chi connectivity index (χ0n) is 18.9. The summed E-state index contributed by atoms with van der Waals surface area (Å²) in [4.78, 5) is 53.0. The first-order valence-corrected chi connectivity index (χ1v) is 11.5. The predicted octanol–water partition coefficient (Wildman–Crippen LogP) is 4.92. The number of amides is 2. The van der Waals surface area contributed by atoms with Crippen molar-refractivity contribution in [3.63, 3.8) is 0 Å². The van der Waals surface area contributed by atoms with E-state index in [1.807, 2.05) is 24.3 Å². The fraction of sp³-hybridized carbons (Fsp3) is 0.172. The normalized spacial score (nSPS) is 19.8. The van der Waals surface area contributed by atoms with Crippen LogP contribution in [0.25, 0.3) is 0 Å². The minimum atomic E-state index is -1.11. The maximum absolute atomic E-state index is 13.2. The molecule has 3 atom stereocenters. The fourth-order valence-corrected chi connectivity index (χ4v) is 4.63. The Hall–Kier alpha value is -4.32. The van der Waals surface area contributed by atoms with Crippen LogP contribution in [0.4, 0.5) is 5.69 Å². The van der Waals surface area contributed by atoms with E-state index in [-0.39, 0.29) is 35.0 Å². The highest BCUT2D eigenvalue weighted by atomic mass is 16.5. The van der Waals surface area contributed by atoms with Crippen molar-refractivity contribution < 1.29 is 23.9 Å². The van der Waals surface area contributed by atoms with Gasteiger partial charge in [-0.15, -0.1) is 0 Å².